The molecule has 2 aromatic rings. The molecule has 1 atom stereocenters. The Hall–Kier alpha value is -1.35. The van der Waals surface area contributed by atoms with Gasteiger partial charge in [0.05, 0.1) is 0 Å². The van der Waals surface area contributed by atoms with E-state index in [-0.39, 0.29) is 6.04 Å². The van der Waals surface area contributed by atoms with E-state index in [4.69, 9.17) is 17.4 Å². The molecule has 0 fully saturated rings. The molecule has 2 rings (SSSR count). The lowest BCUT2D eigenvalue weighted by molar-refractivity contribution is 0.552. The number of hydrazine groups is 1. The van der Waals surface area contributed by atoms with E-state index in [9.17, 15) is 0 Å². The Bertz CT molecular complexity index is 453. The minimum Gasteiger partial charge on any atom is -0.271 e. The van der Waals surface area contributed by atoms with E-state index in [1.807, 2.05) is 42.5 Å². The first-order chi connectivity index (χ1) is 8.29. The number of rotatable bonds is 4. The second-order valence-electron chi connectivity index (χ2n) is 3.96. The van der Waals surface area contributed by atoms with Gasteiger partial charge in [0, 0.05) is 11.1 Å². The third-order valence-electron chi connectivity index (χ3n) is 2.76. The molecular weight excluding hydrogens is 232 g/mol. The number of hydrogen-bond acceptors (Lipinski definition) is 2. The number of nitrogens with two attached hydrogens (primary N) is 1. The van der Waals surface area contributed by atoms with E-state index in [0.717, 1.165) is 17.0 Å². The third-order valence-corrected chi connectivity index (χ3v) is 3.01. The van der Waals surface area contributed by atoms with E-state index in [1.54, 1.807) is 0 Å². The first kappa shape index (κ1) is 12.1. The molecule has 0 saturated heterocycles. The van der Waals surface area contributed by atoms with Crippen molar-refractivity contribution in [2.24, 2.45) is 5.84 Å². The fourth-order valence-corrected chi connectivity index (χ4v) is 1.94. The fraction of sp³-hybridized carbons (Fsp3) is 0.143. The average Bonchev–Trinajstić information content (AvgIpc) is 2.38. The van der Waals surface area contributed by atoms with Crippen LogP contribution in [0.15, 0.2) is 54.6 Å². The molecule has 0 aliphatic carbocycles. The Balaban J connectivity index is 2.14. The van der Waals surface area contributed by atoms with Gasteiger partial charge in [-0.2, -0.15) is 0 Å². The first-order valence-corrected chi connectivity index (χ1v) is 5.93. The molecule has 88 valence electrons. The maximum Gasteiger partial charge on any atom is 0.0500 e. The Labute approximate surface area is 106 Å². The summed E-state index contributed by atoms with van der Waals surface area (Å²) in [7, 11) is 0. The van der Waals surface area contributed by atoms with Crippen LogP contribution in [0.25, 0.3) is 0 Å². The molecule has 3 N–H and O–H groups in total. The third kappa shape index (κ3) is 3.30. The van der Waals surface area contributed by atoms with Gasteiger partial charge in [-0.25, -0.2) is 0 Å². The van der Waals surface area contributed by atoms with Crippen molar-refractivity contribution in [2.45, 2.75) is 12.5 Å². The zero-order chi connectivity index (χ0) is 12.1. The van der Waals surface area contributed by atoms with Crippen LogP contribution in [0.4, 0.5) is 0 Å². The van der Waals surface area contributed by atoms with E-state index in [2.05, 4.69) is 17.6 Å². The lowest BCUT2D eigenvalue weighted by atomic mass is 9.99. The van der Waals surface area contributed by atoms with Gasteiger partial charge in [-0.3, -0.25) is 11.3 Å². The topological polar surface area (TPSA) is 38.0 Å². The fourth-order valence-electron chi connectivity index (χ4n) is 1.82. The van der Waals surface area contributed by atoms with Gasteiger partial charge in [-0.15, -0.1) is 0 Å². The van der Waals surface area contributed by atoms with Crippen LogP contribution in [0.2, 0.25) is 5.02 Å². The summed E-state index contributed by atoms with van der Waals surface area (Å²) in [6.45, 7) is 0. The molecule has 0 aromatic heterocycles. The number of nitrogens with one attached hydrogen (secondary N) is 1. The molecule has 0 amide bonds. The molecular formula is C14H15ClN2. The van der Waals surface area contributed by atoms with Crippen molar-refractivity contribution < 1.29 is 0 Å². The van der Waals surface area contributed by atoms with E-state index < -0.39 is 0 Å². The number of benzene rings is 2. The molecule has 0 spiro atoms. The highest BCUT2D eigenvalue weighted by molar-refractivity contribution is 6.30. The van der Waals surface area contributed by atoms with Crippen LogP contribution in [0.3, 0.4) is 0 Å². The summed E-state index contributed by atoms with van der Waals surface area (Å²) in [5, 5.41) is 0.740. The van der Waals surface area contributed by atoms with Crippen molar-refractivity contribution in [3.63, 3.8) is 0 Å². The highest BCUT2D eigenvalue weighted by Crippen LogP contribution is 2.19. The second-order valence-corrected chi connectivity index (χ2v) is 4.40. The van der Waals surface area contributed by atoms with Gasteiger partial charge in [0.25, 0.3) is 0 Å². The molecule has 17 heavy (non-hydrogen) atoms. The lowest BCUT2D eigenvalue weighted by Gasteiger charge is -2.16. The minimum absolute atomic E-state index is 0.106. The van der Waals surface area contributed by atoms with Crippen molar-refractivity contribution in [3.05, 3.63) is 70.7 Å². The summed E-state index contributed by atoms with van der Waals surface area (Å²) in [6.07, 6.45) is 0.860. The van der Waals surface area contributed by atoms with E-state index in [1.165, 1.54) is 5.56 Å². The molecule has 0 heterocycles. The van der Waals surface area contributed by atoms with Crippen molar-refractivity contribution in [1.82, 2.24) is 5.43 Å². The van der Waals surface area contributed by atoms with Crippen molar-refractivity contribution in [3.8, 4) is 0 Å². The predicted octanol–water partition coefficient (Wildman–Crippen LogP) is 3.09. The van der Waals surface area contributed by atoms with Crippen molar-refractivity contribution in [1.29, 1.82) is 0 Å². The maximum atomic E-state index is 5.87. The normalized spacial score (nSPS) is 12.4. The van der Waals surface area contributed by atoms with Crippen LogP contribution < -0.4 is 11.3 Å². The van der Waals surface area contributed by atoms with Gasteiger partial charge in [-0.1, -0.05) is 54.1 Å². The summed E-state index contributed by atoms with van der Waals surface area (Å²) in [5.41, 5.74) is 5.24. The molecule has 2 aromatic carbocycles. The highest BCUT2D eigenvalue weighted by atomic mass is 35.5. The lowest BCUT2D eigenvalue weighted by Crippen LogP contribution is -2.29. The van der Waals surface area contributed by atoms with Crippen molar-refractivity contribution in [2.75, 3.05) is 0 Å². The molecule has 0 bridgehead atoms. The van der Waals surface area contributed by atoms with Crippen LogP contribution >= 0.6 is 11.6 Å². The molecule has 0 aliphatic heterocycles. The maximum absolute atomic E-state index is 5.87. The zero-order valence-corrected chi connectivity index (χ0v) is 10.2. The summed E-state index contributed by atoms with van der Waals surface area (Å²) in [5.74, 6) is 5.61. The molecule has 2 nitrogen and oxygen atoms in total. The Kier molecular flexibility index (Phi) is 4.15. The largest absolute Gasteiger partial charge is 0.271 e. The molecule has 0 radical (unpaired) electrons. The Morgan fingerprint density at radius 2 is 1.65 bits per heavy atom. The van der Waals surface area contributed by atoms with Crippen LogP contribution in [0.1, 0.15) is 17.2 Å². The van der Waals surface area contributed by atoms with Gasteiger partial charge in [0.2, 0.25) is 0 Å². The van der Waals surface area contributed by atoms with Gasteiger partial charge >= 0.3 is 0 Å². The quantitative estimate of drug-likeness (QED) is 0.643. The van der Waals surface area contributed by atoms with Gasteiger partial charge < -0.3 is 0 Å². The summed E-state index contributed by atoms with van der Waals surface area (Å²) >= 11 is 5.87. The standard InChI is InChI=1S/C14H15ClN2/c15-13-8-6-12(7-9-13)14(17-16)10-11-4-2-1-3-5-11/h1-9,14,17H,10,16H2/t14-/m0/s1. The monoisotopic (exact) mass is 246 g/mol. The summed E-state index contributed by atoms with van der Waals surface area (Å²) < 4.78 is 0. The second kappa shape index (κ2) is 5.82. The first-order valence-electron chi connectivity index (χ1n) is 5.55. The average molecular weight is 247 g/mol. The van der Waals surface area contributed by atoms with Crippen LogP contribution in [0, 0.1) is 0 Å². The van der Waals surface area contributed by atoms with Gasteiger partial charge in [-0.05, 0) is 29.7 Å². The molecule has 0 unspecified atom stereocenters. The van der Waals surface area contributed by atoms with E-state index >= 15 is 0 Å². The van der Waals surface area contributed by atoms with Gasteiger partial charge in [0.15, 0.2) is 0 Å². The Morgan fingerprint density at radius 3 is 2.24 bits per heavy atom. The Morgan fingerprint density at radius 1 is 1.00 bits per heavy atom. The summed E-state index contributed by atoms with van der Waals surface area (Å²) in [6, 6.07) is 18.1. The SMILES string of the molecule is NN[C@@H](Cc1ccccc1)c1ccc(Cl)cc1. The predicted molar refractivity (Wildman–Crippen MR) is 71.7 cm³/mol. The minimum atomic E-state index is 0.106. The van der Waals surface area contributed by atoms with Crippen LogP contribution in [-0.2, 0) is 6.42 Å². The molecule has 3 heteroatoms. The molecule has 0 aliphatic rings. The number of hydrogen-bond donors (Lipinski definition) is 2. The zero-order valence-electron chi connectivity index (χ0n) is 9.44. The van der Waals surface area contributed by atoms with Crippen LogP contribution in [0.5, 0.6) is 0 Å². The van der Waals surface area contributed by atoms with Crippen LogP contribution in [-0.4, -0.2) is 0 Å². The number of halogens is 1. The summed E-state index contributed by atoms with van der Waals surface area (Å²) in [4.78, 5) is 0. The smallest absolute Gasteiger partial charge is 0.0500 e. The van der Waals surface area contributed by atoms with Crippen molar-refractivity contribution >= 4 is 11.6 Å². The van der Waals surface area contributed by atoms with Gasteiger partial charge in [0.1, 0.15) is 0 Å². The molecule has 0 saturated carbocycles. The highest BCUT2D eigenvalue weighted by Gasteiger charge is 2.09. The van der Waals surface area contributed by atoms with E-state index in [0.29, 0.717) is 0 Å².